The van der Waals surface area contributed by atoms with Crippen molar-refractivity contribution < 1.29 is 4.79 Å². The van der Waals surface area contributed by atoms with Gasteiger partial charge in [0.25, 0.3) is 0 Å². The largest absolute Gasteiger partial charge is 0.368 e. The molecular weight excluding hydrogens is 192 g/mol. The van der Waals surface area contributed by atoms with Crippen LogP contribution in [0.1, 0.15) is 25.1 Å². The quantitative estimate of drug-likeness (QED) is 0.739. The highest BCUT2D eigenvalue weighted by Gasteiger charge is 2.24. The second kappa shape index (κ2) is 4.02. The van der Waals surface area contributed by atoms with Crippen molar-refractivity contribution in [2.45, 2.75) is 32.9 Å². The molecule has 0 radical (unpaired) electrons. The van der Waals surface area contributed by atoms with Crippen LogP contribution in [-0.4, -0.2) is 21.2 Å². The molecule has 1 aromatic heterocycles. The summed E-state index contributed by atoms with van der Waals surface area (Å²) >= 11 is 0. The Morgan fingerprint density at radius 1 is 1.67 bits per heavy atom. The number of hydrogen-bond acceptors (Lipinski definition) is 3. The number of hydrogen-bond donors (Lipinski definition) is 2. The third-order valence-corrected chi connectivity index (χ3v) is 2.45. The van der Waals surface area contributed by atoms with Gasteiger partial charge in [-0.2, -0.15) is 5.10 Å². The highest BCUT2D eigenvalue weighted by atomic mass is 16.1. The van der Waals surface area contributed by atoms with E-state index in [1.807, 2.05) is 20.2 Å². The topological polar surface area (TPSA) is 72.9 Å². The number of nitrogens with zero attached hydrogens (tertiary/aromatic N) is 2. The lowest BCUT2D eigenvalue weighted by atomic mass is 10.0. The summed E-state index contributed by atoms with van der Waals surface area (Å²) in [7, 11) is 1.87. The molecule has 1 aromatic rings. The van der Waals surface area contributed by atoms with Crippen molar-refractivity contribution in [2.75, 3.05) is 0 Å². The lowest BCUT2D eigenvalue weighted by molar-refractivity contribution is -0.123. The summed E-state index contributed by atoms with van der Waals surface area (Å²) in [5.74, 6) is -0.357. The number of carbonyl (C=O) groups excluding carboxylic acids is 1. The molecule has 15 heavy (non-hydrogen) atoms. The highest BCUT2D eigenvalue weighted by Crippen LogP contribution is 2.07. The summed E-state index contributed by atoms with van der Waals surface area (Å²) in [6, 6.07) is 0. The molecule has 1 rings (SSSR count). The zero-order valence-electron chi connectivity index (χ0n) is 9.66. The minimum absolute atomic E-state index is 0.357. The van der Waals surface area contributed by atoms with E-state index < -0.39 is 5.54 Å². The van der Waals surface area contributed by atoms with Gasteiger partial charge in [-0.15, -0.1) is 0 Å². The lowest BCUT2D eigenvalue weighted by Crippen LogP contribution is -2.50. The van der Waals surface area contributed by atoms with Crippen molar-refractivity contribution in [2.24, 2.45) is 12.8 Å². The van der Waals surface area contributed by atoms with E-state index in [2.05, 4.69) is 10.4 Å². The zero-order chi connectivity index (χ0) is 11.6. The summed E-state index contributed by atoms with van der Waals surface area (Å²) in [5, 5.41) is 7.32. The molecule has 1 amide bonds. The van der Waals surface area contributed by atoms with Gasteiger partial charge in [0, 0.05) is 25.4 Å². The molecule has 3 N–H and O–H groups in total. The molecule has 1 heterocycles. The second-order valence-corrected chi connectivity index (χ2v) is 4.26. The van der Waals surface area contributed by atoms with Gasteiger partial charge in [-0.3, -0.25) is 14.8 Å². The molecule has 5 nitrogen and oxygen atoms in total. The molecule has 0 aliphatic heterocycles. The summed E-state index contributed by atoms with van der Waals surface area (Å²) in [5.41, 5.74) is 6.60. The smallest absolute Gasteiger partial charge is 0.237 e. The number of carbonyl (C=O) groups is 1. The van der Waals surface area contributed by atoms with Gasteiger partial charge in [0.2, 0.25) is 5.91 Å². The van der Waals surface area contributed by atoms with Crippen LogP contribution in [-0.2, 0) is 18.4 Å². The normalized spacial score (nSPS) is 11.7. The molecule has 0 fully saturated rings. The number of primary amides is 1. The van der Waals surface area contributed by atoms with E-state index in [0.717, 1.165) is 11.3 Å². The third-order valence-electron chi connectivity index (χ3n) is 2.45. The summed E-state index contributed by atoms with van der Waals surface area (Å²) in [6.07, 6.45) is 1.93. The standard InChI is InChI=1S/C10H18N4O/c1-7-8(6-14(4)13-7)5-12-10(2,3)9(11)15/h6,12H,5H2,1-4H3,(H2,11,15). The molecule has 0 unspecified atom stereocenters. The first kappa shape index (κ1) is 11.7. The predicted octanol–water partition coefficient (Wildman–Crippen LogP) is 0.0820. The molecule has 0 aliphatic rings. The first-order valence-electron chi connectivity index (χ1n) is 4.87. The van der Waals surface area contributed by atoms with Crippen molar-refractivity contribution in [1.29, 1.82) is 0 Å². The van der Waals surface area contributed by atoms with E-state index in [-0.39, 0.29) is 5.91 Å². The van der Waals surface area contributed by atoms with E-state index in [9.17, 15) is 4.79 Å². The Kier molecular flexibility index (Phi) is 3.14. The van der Waals surface area contributed by atoms with Crippen molar-refractivity contribution >= 4 is 5.91 Å². The SMILES string of the molecule is Cc1nn(C)cc1CNC(C)(C)C(N)=O. The number of aromatic nitrogens is 2. The van der Waals surface area contributed by atoms with Crippen LogP contribution in [0.15, 0.2) is 6.20 Å². The van der Waals surface area contributed by atoms with Crippen molar-refractivity contribution in [1.82, 2.24) is 15.1 Å². The first-order chi connectivity index (χ1) is 6.83. The number of aryl methyl sites for hydroxylation is 2. The van der Waals surface area contributed by atoms with Gasteiger partial charge < -0.3 is 5.73 Å². The minimum Gasteiger partial charge on any atom is -0.368 e. The Labute approximate surface area is 89.6 Å². The fourth-order valence-corrected chi connectivity index (χ4v) is 1.23. The van der Waals surface area contributed by atoms with E-state index in [4.69, 9.17) is 5.73 Å². The first-order valence-corrected chi connectivity index (χ1v) is 4.87. The van der Waals surface area contributed by atoms with Crippen LogP contribution in [0.25, 0.3) is 0 Å². The Hall–Kier alpha value is -1.36. The van der Waals surface area contributed by atoms with Gasteiger partial charge >= 0.3 is 0 Å². The molecular formula is C10H18N4O. The molecule has 84 valence electrons. The number of nitrogens with two attached hydrogens (primary N) is 1. The van der Waals surface area contributed by atoms with Crippen molar-refractivity contribution in [3.8, 4) is 0 Å². The second-order valence-electron chi connectivity index (χ2n) is 4.26. The minimum atomic E-state index is -0.692. The van der Waals surface area contributed by atoms with Gasteiger partial charge in [0.1, 0.15) is 0 Å². The third kappa shape index (κ3) is 2.79. The average molecular weight is 210 g/mol. The number of rotatable bonds is 4. The van der Waals surface area contributed by atoms with Gasteiger partial charge in [-0.05, 0) is 20.8 Å². The van der Waals surface area contributed by atoms with Crippen LogP contribution in [0.3, 0.4) is 0 Å². The molecule has 0 atom stereocenters. The zero-order valence-corrected chi connectivity index (χ0v) is 9.66. The maximum absolute atomic E-state index is 11.1. The maximum Gasteiger partial charge on any atom is 0.237 e. The van der Waals surface area contributed by atoms with Crippen LogP contribution >= 0.6 is 0 Å². The lowest BCUT2D eigenvalue weighted by Gasteiger charge is -2.21. The van der Waals surface area contributed by atoms with Gasteiger partial charge in [0.15, 0.2) is 0 Å². The molecule has 0 aliphatic carbocycles. The van der Waals surface area contributed by atoms with Gasteiger partial charge in [-0.25, -0.2) is 0 Å². The molecule has 0 bridgehead atoms. The Morgan fingerprint density at radius 2 is 2.27 bits per heavy atom. The monoisotopic (exact) mass is 210 g/mol. The van der Waals surface area contributed by atoms with Crippen LogP contribution in [0.4, 0.5) is 0 Å². The van der Waals surface area contributed by atoms with E-state index in [0.29, 0.717) is 6.54 Å². The van der Waals surface area contributed by atoms with E-state index >= 15 is 0 Å². The fourth-order valence-electron chi connectivity index (χ4n) is 1.23. The van der Waals surface area contributed by atoms with Gasteiger partial charge in [0.05, 0.1) is 11.2 Å². The molecule has 0 spiro atoms. The fraction of sp³-hybridized carbons (Fsp3) is 0.600. The van der Waals surface area contributed by atoms with Crippen molar-refractivity contribution in [3.63, 3.8) is 0 Å². The van der Waals surface area contributed by atoms with Crippen LogP contribution in [0.2, 0.25) is 0 Å². The summed E-state index contributed by atoms with van der Waals surface area (Å²) < 4.78 is 1.75. The molecule has 0 saturated heterocycles. The summed E-state index contributed by atoms with van der Waals surface area (Å²) in [6.45, 7) is 6.06. The predicted molar refractivity (Wildman–Crippen MR) is 58.1 cm³/mol. The van der Waals surface area contributed by atoms with E-state index in [1.165, 1.54) is 0 Å². The number of amides is 1. The molecule has 5 heteroatoms. The van der Waals surface area contributed by atoms with Gasteiger partial charge in [-0.1, -0.05) is 0 Å². The highest BCUT2D eigenvalue weighted by molar-refractivity contribution is 5.83. The van der Waals surface area contributed by atoms with Crippen LogP contribution < -0.4 is 11.1 Å². The summed E-state index contributed by atoms with van der Waals surface area (Å²) in [4.78, 5) is 11.1. The Bertz CT molecular complexity index is 367. The van der Waals surface area contributed by atoms with E-state index in [1.54, 1.807) is 18.5 Å². The van der Waals surface area contributed by atoms with Crippen molar-refractivity contribution in [3.05, 3.63) is 17.5 Å². The number of nitrogens with one attached hydrogen (secondary N) is 1. The Morgan fingerprint density at radius 3 is 2.67 bits per heavy atom. The molecule has 0 aromatic carbocycles. The van der Waals surface area contributed by atoms with Crippen LogP contribution in [0, 0.1) is 6.92 Å². The van der Waals surface area contributed by atoms with Crippen LogP contribution in [0.5, 0.6) is 0 Å². The Balaban J connectivity index is 2.65. The maximum atomic E-state index is 11.1. The molecule has 0 saturated carbocycles. The average Bonchev–Trinajstić information content (AvgIpc) is 2.41.